The Morgan fingerprint density at radius 3 is 2.46 bits per heavy atom. The van der Waals surface area contributed by atoms with Crippen LogP contribution in [0.5, 0.6) is 17.2 Å². The third kappa shape index (κ3) is 3.70. The van der Waals surface area contributed by atoms with Crippen LogP contribution in [0, 0.1) is 0 Å². The highest BCUT2D eigenvalue weighted by Gasteiger charge is 2.30. The highest BCUT2D eigenvalue weighted by atomic mass is 32.2. The lowest BCUT2D eigenvalue weighted by molar-refractivity contribution is -0.137. The number of halogens is 3. The van der Waals surface area contributed by atoms with Crippen LogP contribution < -0.4 is 9.47 Å². The second-order valence-electron chi connectivity index (χ2n) is 5.32. The molecule has 2 atom stereocenters. The van der Waals surface area contributed by atoms with E-state index < -0.39 is 22.8 Å². The number of benzene rings is 2. The minimum absolute atomic E-state index is 0.0894. The molecule has 0 saturated carbocycles. The minimum atomic E-state index is -4.39. The van der Waals surface area contributed by atoms with Crippen molar-refractivity contribution in [3.63, 3.8) is 0 Å². The van der Waals surface area contributed by atoms with Crippen molar-refractivity contribution in [2.24, 2.45) is 0 Å². The van der Waals surface area contributed by atoms with Gasteiger partial charge in [0.25, 0.3) is 0 Å². The normalized spacial score (nSPS) is 17.9. The summed E-state index contributed by atoms with van der Waals surface area (Å²) in [5.74, 6) is 1.17. The van der Waals surface area contributed by atoms with E-state index >= 15 is 0 Å². The van der Waals surface area contributed by atoms with Crippen molar-refractivity contribution in [2.45, 2.75) is 12.1 Å². The van der Waals surface area contributed by atoms with E-state index in [9.17, 15) is 17.4 Å². The van der Waals surface area contributed by atoms with E-state index in [-0.39, 0.29) is 17.4 Å². The summed E-state index contributed by atoms with van der Waals surface area (Å²) in [5, 5.41) is 0. The van der Waals surface area contributed by atoms with Gasteiger partial charge in [-0.3, -0.25) is 0 Å². The van der Waals surface area contributed by atoms with E-state index in [1.807, 2.05) is 0 Å². The first-order valence-electron chi connectivity index (χ1n) is 7.02. The van der Waals surface area contributed by atoms with Crippen molar-refractivity contribution in [1.82, 2.24) is 0 Å². The third-order valence-electron chi connectivity index (χ3n) is 3.63. The van der Waals surface area contributed by atoms with Gasteiger partial charge in [0.15, 0.2) is 11.1 Å². The minimum Gasteiger partial charge on any atom is -0.492 e. The van der Waals surface area contributed by atoms with Crippen molar-refractivity contribution in [3.05, 3.63) is 53.6 Å². The van der Waals surface area contributed by atoms with E-state index in [2.05, 4.69) is 0 Å². The Labute approximate surface area is 138 Å². The first-order valence-corrected chi connectivity index (χ1v) is 8.30. The van der Waals surface area contributed by atoms with Crippen molar-refractivity contribution >= 4 is 11.1 Å². The SMILES string of the molecule is O=S(O)CC1COc2cc(Oc3ccc(C(F)(F)F)cc3)ccc21. The molecule has 0 amide bonds. The molecule has 0 fully saturated rings. The molecule has 2 aromatic rings. The van der Waals surface area contributed by atoms with Crippen molar-refractivity contribution < 1.29 is 31.4 Å². The highest BCUT2D eigenvalue weighted by molar-refractivity contribution is 7.79. The topological polar surface area (TPSA) is 55.8 Å². The number of alkyl halides is 3. The van der Waals surface area contributed by atoms with Crippen LogP contribution in [0.4, 0.5) is 13.2 Å². The summed E-state index contributed by atoms with van der Waals surface area (Å²) in [6.45, 7) is 0.311. The van der Waals surface area contributed by atoms with Gasteiger partial charge in [0.05, 0.1) is 17.9 Å². The second-order valence-corrected chi connectivity index (χ2v) is 6.30. The van der Waals surface area contributed by atoms with Crippen LogP contribution in [0.25, 0.3) is 0 Å². The molecule has 1 aliphatic rings. The predicted octanol–water partition coefficient (Wildman–Crippen LogP) is 4.20. The molecule has 0 saturated heterocycles. The zero-order valence-corrected chi connectivity index (χ0v) is 13.1. The van der Waals surface area contributed by atoms with E-state index in [4.69, 9.17) is 14.0 Å². The van der Waals surface area contributed by atoms with Gasteiger partial charge in [-0.15, -0.1) is 0 Å². The fourth-order valence-corrected chi connectivity index (χ4v) is 3.10. The van der Waals surface area contributed by atoms with Gasteiger partial charge in [-0.2, -0.15) is 13.2 Å². The smallest absolute Gasteiger partial charge is 0.416 e. The van der Waals surface area contributed by atoms with Gasteiger partial charge in [-0.25, -0.2) is 4.21 Å². The van der Waals surface area contributed by atoms with Crippen LogP contribution in [-0.2, 0) is 17.3 Å². The van der Waals surface area contributed by atoms with Gasteiger partial charge in [-0.1, -0.05) is 6.07 Å². The fourth-order valence-electron chi connectivity index (χ4n) is 2.48. The lowest BCUT2D eigenvalue weighted by atomic mass is 10.0. The Balaban J connectivity index is 1.74. The van der Waals surface area contributed by atoms with Gasteiger partial charge >= 0.3 is 6.18 Å². The molecule has 24 heavy (non-hydrogen) atoms. The van der Waals surface area contributed by atoms with Crippen LogP contribution in [-0.4, -0.2) is 21.1 Å². The number of hydrogen-bond acceptors (Lipinski definition) is 3. The third-order valence-corrected chi connectivity index (χ3v) is 4.31. The Morgan fingerprint density at radius 2 is 1.83 bits per heavy atom. The maximum Gasteiger partial charge on any atom is 0.416 e. The summed E-state index contributed by atoms with van der Waals surface area (Å²) in [4.78, 5) is 0. The van der Waals surface area contributed by atoms with Crippen molar-refractivity contribution in [2.75, 3.05) is 12.4 Å². The average molecular weight is 358 g/mol. The zero-order chi connectivity index (χ0) is 17.3. The van der Waals surface area contributed by atoms with Gasteiger partial charge in [0.2, 0.25) is 0 Å². The Kier molecular flexibility index (Phi) is 4.51. The number of fused-ring (bicyclic) bond motifs is 1. The molecule has 8 heteroatoms. The molecular weight excluding hydrogens is 345 g/mol. The van der Waals surface area contributed by atoms with Crippen molar-refractivity contribution in [1.29, 1.82) is 0 Å². The summed E-state index contributed by atoms with van der Waals surface area (Å²) in [5.41, 5.74) is 0.0733. The summed E-state index contributed by atoms with van der Waals surface area (Å²) < 4.78 is 68.5. The molecule has 0 spiro atoms. The fraction of sp³-hybridized carbons (Fsp3) is 0.250. The van der Waals surface area contributed by atoms with Crippen LogP contribution in [0.2, 0.25) is 0 Å². The van der Waals surface area contributed by atoms with E-state index in [0.717, 1.165) is 17.7 Å². The molecule has 1 heterocycles. The molecule has 1 N–H and O–H groups in total. The Bertz CT molecular complexity index is 759. The van der Waals surface area contributed by atoms with Gasteiger partial charge in [-0.05, 0) is 30.3 Å². The quantitative estimate of drug-likeness (QED) is 0.833. The number of ether oxygens (including phenoxy) is 2. The van der Waals surface area contributed by atoms with Gasteiger partial charge < -0.3 is 14.0 Å². The summed E-state index contributed by atoms with van der Waals surface area (Å²) in [6.07, 6.45) is -4.39. The summed E-state index contributed by atoms with van der Waals surface area (Å²) >= 11 is -1.91. The summed E-state index contributed by atoms with van der Waals surface area (Å²) in [7, 11) is 0. The Morgan fingerprint density at radius 1 is 1.17 bits per heavy atom. The Hall–Kier alpha value is -2.06. The molecular formula is C16H13F3O4S. The molecule has 0 aromatic heterocycles. The van der Waals surface area contributed by atoms with Gasteiger partial charge in [0, 0.05) is 17.5 Å². The van der Waals surface area contributed by atoms with E-state index in [1.165, 1.54) is 12.1 Å². The molecule has 0 bridgehead atoms. The first kappa shape index (κ1) is 16.8. The lowest BCUT2D eigenvalue weighted by Crippen LogP contribution is -2.10. The maximum atomic E-state index is 12.5. The molecule has 3 rings (SSSR count). The summed E-state index contributed by atoms with van der Waals surface area (Å²) in [6, 6.07) is 9.39. The molecule has 2 aromatic carbocycles. The standard InChI is InChI=1S/C16H13F3O4S/c17-16(18,19)11-1-3-12(4-2-11)23-13-5-6-14-10(9-24(20)21)8-22-15(14)7-13/h1-7,10H,8-9H2,(H,20,21). The number of rotatable bonds is 4. The van der Waals surface area contributed by atoms with E-state index in [0.29, 0.717) is 18.1 Å². The van der Waals surface area contributed by atoms with Gasteiger partial charge in [0.1, 0.15) is 17.2 Å². The largest absolute Gasteiger partial charge is 0.492 e. The van der Waals surface area contributed by atoms with Crippen LogP contribution in [0.15, 0.2) is 42.5 Å². The molecule has 0 radical (unpaired) electrons. The first-order chi connectivity index (χ1) is 11.3. The van der Waals surface area contributed by atoms with Crippen molar-refractivity contribution in [3.8, 4) is 17.2 Å². The maximum absolute atomic E-state index is 12.5. The highest BCUT2D eigenvalue weighted by Crippen LogP contribution is 2.38. The molecule has 1 aliphatic heterocycles. The van der Waals surface area contributed by atoms with Crippen LogP contribution in [0.1, 0.15) is 17.0 Å². The number of hydrogen-bond donors (Lipinski definition) is 1. The monoisotopic (exact) mass is 358 g/mol. The molecule has 0 aliphatic carbocycles. The zero-order valence-electron chi connectivity index (χ0n) is 12.2. The predicted molar refractivity (Wildman–Crippen MR) is 81.8 cm³/mol. The second kappa shape index (κ2) is 6.45. The molecule has 128 valence electrons. The molecule has 4 nitrogen and oxygen atoms in total. The van der Waals surface area contributed by atoms with Crippen LogP contribution in [0.3, 0.4) is 0 Å². The van der Waals surface area contributed by atoms with E-state index in [1.54, 1.807) is 18.2 Å². The lowest BCUT2D eigenvalue weighted by Gasteiger charge is -2.10. The van der Waals surface area contributed by atoms with Crippen LogP contribution >= 0.6 is 0 Å². The molecule has 2 unspecified atom stereocenters. The average Bonchev–Trinajstić information content (AvgIpc) is 2.88.